The van der Waals surface area contributed by atoms with Crippen LogP contribution in [0.2, 0.25) is 0 Å². The quantitative estimate of drug-likeness (QED) is 0.392. The zero-order chi connectivity index (χ0) is 10.3. The number of unbranched alkanes of at least 4 members (excludes halogenated alkanes) is 1. The van der Waals surface area contributed by atoms with E-state index in [0.717, 1.165) is 0 Å². The molecule has 0 heterocycles. The Kier molecular flexibility index (Phi) is 5.18. The van der Waals surface area contributed by atoms with Gasteiger partial charge in [0, 0.05) is 0 Å². The van der Waals surface area contributed by atoms with Gasteiger partial charge in [0.15, 0.2) is 0 Å². The van der Waals surface area contributed by atoms with E-state index in [2.05, 4.69) is 4.74 Å². The summed E-state index contributed by atoms with van der Waals surface area (Å²) in [5, 5.41) is 0. The lowest BCUT2D eigenvalue weighted by Crippen LogP contribution is -2.25. The summed E-state index contributed by atoms with van der Waals surface area (Å²) in [6, 6.07) is 0. The van der Waals surface area contributed by atoms with E-state index in [9.17, 15) is 18.0 Å². The molecule has 0 unspecified atom stereocenters. The van der Waals surface area contributed by atoms with Crippen LogP contribution in [0.1, 0.15) is 19.8 Å². The summed E-state index contributed by atoms with van der Waals surface area (Å²) in [5.74, 6) is -2.12. The maximum atomic E-state index is 11.5. The number of alkyl halides is 3. The van der Waals surface area contributed by atoms with Crippen molar-refractivity contribution in [2.24, 2.45) is 0 Å². The van der Waals surface area contributed by atoms with E-state index in [1.165, 1.54) is 0 Å². The Bertz CT molecular complexity index is 184. The molecule has 0 saturated heterocycles. The van der Waals surface area contributed by atoms with Crippen molar-refractivity contribution in [3.8, 4) is 0 Å². The zero-order valence-electron chi connectivity index (χ0n) is 7.23. The average Bonchev–Trinajstić information content (AvgIpc) is 2.02. The van der Waals surface area contributed by atoms with Crippen LogP contribution in [0.3, 0.4) is 0 Å². The molecule has 0 bridgehead atoms. The molecular formula is C8H11F3O2. The highest BCUT2D eigenvalue weighted by atomic mass is 19.4. The van der Waals surface area contributed by atoms with E-state index >= 15 is 0 Å². The third-order valence-electron chi connectivity index (χ3n) is 1.22. The number of hydrogen-bond acceptors (Lipinski definition) is 2. The van der Waals surface area contributed by atoms with Gasteiger partial charge >= 0.3 is 12.1 Å². The largest absolute Gasteiger partial charge is 0.490 e. The van der Waals surface area contributed by atoms with Crippen molar-refractivity contribution in [1.29, 1.82) is 0 Å². The van der Waals surface area contributed by atoms with Gasteiger partial charge < -0.3 is 4.74 Å². The number of carbonyl (C=O) groups is 1. The fourth-order valence-corrected chi connectivity index (χ4v) is 0.615. The van der Waals surface area contributed by atoms with Crippen molar-refractivity contribution < 1.29 is 22.7 Å². The maximum Gasteiger partial charge on any atom is 0.490 e. The fraction of sp³-hybridized carbons (Fsp3) is 0.625. The van der Waals surface area contributed by atoms with Gasteiger partial charge in [-0.3, -0.25) is 0 Å². The average molecular weight is 196 g/mol. The zero-order valence-corrected chi connectivity index (χ0v) is 7.23. The predicted molar refractivity (Wildman–Crippen MR) is 41.1 cm³/mol. The molecule has 0 saturated carbocycles. The van der Waals surface area contributed by atoms with E-state index in [4.69, 9.17) is 0 Å². The third kappa shape index (κ3) is 6.19. The Morgan fingerprint density at radius 2 is 2.08 bits per heavy atom. The monoisotopic (exact) mass is 196 g/mol. The summed E-state index contributed by atoms with van der Waals surface area (Å²) in [7, 11) is 0. The molecule has 13 heavy (non-hydrogen) atoms. The summed E-state index contributed by atoms with van der Waals surface area (Å²) < 4.78 is 38.6. The minimum atomic E-state index is -4.87. The molecule has 0 aromatic carbocycles. The number of carbonyl (C=O) groups excluding carboxylic acids is 1. The van der Waals surface area contributed by atoms with Gasteiger partial charge in [0.05, 0.1) is 6.61 Å². The molecule has 0 aromatic heterocycles. The van der Waals surface area contributed by atoms with Gasteiger partial charge in [0.2, 0.25) is 0 Å². The molecule has 0 radical (unpaired) electrons. The van der Waals surface area contributed by atoms with Gasteiger partial charge in [-0.05, 0) is 19.8 Å². The number of halogens is 3. The molecule has 0 atom stereocenters. The Hall–Kier alpha value is -1.00. The van der Waals surface area contributed by atoms with Gasteiger partial charge in [0.25, 0.3) is 0 Å². The van der Waals surface area contributed by atoms with Crippen LogP contribution in [0, 0.1) is 0 Å². The second-order valence-electron chi connectivity index (χ2n) is 2.34. The highest BCUT2D eigenvalue weighted by Gasteiger charge is 2.40. The van der Waals surface area contributed by atoms with Crippen LogP contribution in [-0.2, 0) is 9.53 Å². The Labute approximate surface area is 74.4 Å². The Morgan fingerprint density at radius 1 is 1.46 bits per heavy atom. The van der Waals surface area contributed by atoms with E-state index < -0.39 is 12.1 Å². The van der Waals surface area contributed by atoms with Gasteiger partial charge in [0.1, 0.15) is 0 Å². The van der Waals surface area contributed by atoms with Gasteiger partial charge in [-0.15, -0.1) is 0 Å². The van der Waals surface area contributed by atoms with Crippen molar-refractivity contribution in [3.05, 3.63) is 12.2 Å². The second-order valence-corrected chi connectivity index (χ2v) is 2.34. The molecule has 0 amide bonds. The van der Waals surface area contributed by atoms with Crippen LogP contribution in [0.5, 0.6) is 0 Å². The van der Waals surface area contributed by atoms with E-state index in [1.807, 2.05) is 6.92 Å². The smallest absolute Gasteiger partial charge is 0.459 e. The van der Waals surface area contributed by atoms with Crippen LogP contribution in [0.25, 0.3) is 0 Å². The van der Waals surface area contributed by atoms with Gasteiger partial charge in [-0.1, -0.05) is 12.2 Å². The first-order valence-corrected chi connectivity index (χ1v) is 3.83. The first-order chi connectivity index (χ1) is 5.98. The number of esters is 1. The molecule has 0 spiro atoms. The molecule has 0 fully saturated rings. The van der Waals surface area contributed by atoms with Crippen molar-refractivity contribution in [2.75, 3.05) is 6.61 Å². The van der Waals surface area contributed by atoms with Crippen LogP contribution >= 0.6 is 0 Å². The second kappa shape index (κ2) is 5.61. The summed E-state index contributed by atoms with van der Waals surface area (Å²) in [4.78, 5) is 10.1. The van der Waals surface area contributed by atoms with Crippen LogP contribution in [-0.4, -0.2) is 18.8 Å². The fourth-order valence-electron chi connectivity index (χ4n) is 0.615. The minimum Gasteiger partial charge on any atom is -0.459 e. The van der Waals surface area contributed by atoms with Crippen molar-refractivity contribution in [1.82, 2.24) is 0 Å². The molecule has 0 aromatic rings. The Morgan fingerprint density at radius 3 is 2.54 bits per heavy atom. The van der Waals surface area contributed by atoms with Gasteiger partial charge in [-0.25, -0.2) is 4.79 Å². The number of allylic oxidation sites excluding steroid dienone is 2. The van der Waals surface area contributed by atoms with E-state index in [0.29, 0.717) is 12.8 Å². The highest BCUT2D eigenvalue weighted by Crippen LogP contribution is 2.16. The van der Waals surface area contributed by atoms with Crippen LogP contribution < -0.4 is 0 Å². The summed E-state index contributed by atoms with van der Waals surface area (Å²) in [5.41, 5.74) is 0. The molecule has 5 heteroatoms. The number of hydrogen-bond donors (Lipinski definition) is 0. The standard InChI is InChI=1S/C8H11F3O2/c1-2-3-4-5-6-13-7(12)8(9,10)11/h2-3H,4-6H2,1H3. The van der Waals surface area contributed by atoms with Crippen LogP contribution in [0.15, 0.2) is 12.2 Å². The molecule has 2 nitrogen and oxygen atoms in total. The first-order valence-electron chi connectivity index (χ1n) is 3.83. The SMILES string of the molecule is CC=CCCCOC(=O)C(F)(F)F. The minimum absolute atomic E-state index is 0.192. The molecule has 0 rings (SSSR count). The third-order valence-corrected chi connectivity index (χ3v) is 1.22. The molecule has 0 aliphatic rings. The van der Waals surface area contributed by atoms with E-state index in [1.54, 1.807) is 12.2 Å². The molecule has 76 valence electrons. The van der Waals surface area contributed by atoms with Crippen LogP contribution in [0.4, 0.5) is 13.2 Å². The van der Waals surface area contributed by atoms with Crippen molar-refractivity contribution in [2.45, 2.75) is 25.9 Å². The lowest BCUT2D eigenvalue weighted by molar-refractivity contribution is -0.199. The number of ether oxygens (including phenoxy) is 1. The summed E-state index contributed by atoms with van der Waals surface area (Å²) in [6.45, 7) is 1.62. The van der Waals surface area contributed by atoms with Gasteiger partial charge in [-0.2, -0.15) is 13.2 Å². The lowest BCUT2D eigenvalue weighted by Gasteiger charge is -2.05. The predicted octanol–water partition coefficient (Wildman–Crippen LogP) is 2.45. The number of rotatable bonds is 4. The Balaban J connectivity index is 3.49. The molecule has 0 aliphatic carbocycles. The van der Waals surface area contributed by atoms with E-state index in [-0.39, 0.29) is 6.61 Å². The topological polar surface area (TPSA) is 26.3 Å². The summed E-state index contributed by atoms with van der Waals surface area (Å²) >= 11 is 0. The first kappa shape index (κ1) is 12.0. The lowest BCUT2D eigenvalue weighted by atomic mass is 10.3. The van der Waals surface area contributed by atoms with Crippen molar-refractivity contribution in [3.63, 3.8) is 0 Å². The molecule has 0 N–H and O–H groups in total. The van der Waals surface area contributed by atoms with Crippen molar-refractivity contribution >= 4 is 5.97 Å². The highest BCUT2D eigenvalue weighted by molar-refractivity contribution is 5.75. The maximum absolute atomic E-state index is 11.5. The normalized spacial score (nSPS) is 12.0. The summed E-state index contributed by atoms with van der Waals surface area (Å²) in [6.07, 6.45) is -0.276. The molecule has 0 aliphatic heterocycles. The molecular weight excluding hydrogens is 185 g/mol.